The van der Waals surface area contributed by atoms with Gasteiger partial charge in [0, 0.05) is 26.1 Å². The van der Waals surface area contributed by atoms with E-state index < -0.39 is 12.0 Å². The van der Waals surface area contributed by atoms with Gasteiger partial charge >= 0.3 is 12.0 Å². The van der Waals surface area contributed by atoms with Crippen molar-refractivity contribution in [2.24, 2.45) is 11.7 Å². The molecule has 2 aliphatic rings. The number of aliphatic carboxylic acids is 1. The minimum atomic E-state index is -1.05. The molecule has 21 heavy (non-hydrogen) atoms. The predicted octanol–water partition coefficient (Wildman–Crippen LogP) is -0.521. The van der Waals surface area contributed by atoms with Crippen LogP contribution < -0.4 is 5.73 Å². The van der Waals surface area contributed by atoms with Crippen molar-refractivity contribution in [3.63, 3.8) is 0 Å². The summed E-state index contributed by atoms with van der Waals surface area (Å²) in [4.78, 5) is 37.5. The van der Waals surface area contributed by atoms with E-state index in [-0.39, 0.29) is 31.0 Å². The first-order valence-electron chi connectivity index (χ1n) is 7.13. The van der Waals surface area contributed by atoms with E-state index in [1.165, 1.54) is 4.90 Å². The fourth-order valence-corrected chi connectivity index (χ4v) is 2.83. The number of primary amides is 1. The Balaban J connectivity index is 1.91. The van der Waals surface area contributed by atoms with Crippen molar-refractivity contribution in [1.82, 2.24) is 9.80 Å². The van der Waals surface area contributed by atoms with Crippen LogP contribution in [0.4, 0.5) is 4.79 Å². The molecule has 8 nitrogen and oxygen atoms in total. The van der Waals surface area contributed by atoms with Crippen molar-refractivity contribution in [3.8, 4) is 0 Å². The Morgan fingerprint density at radius 1 is 1.19 bits per heavy atom. The number of amides is 3. The number of carbonyl (C=O) groups excluding carboxylic acids is 2. The topological polar surface area (TPSA) is 113 Å². The number of nitrogens with two attached hydrogens (primary N) is 1. The molecule has 0 aliphatic carbocycles. The maximum absolute atomic E-state index is 12.4. The zero-order valence-corrected chi connectivity index (χ0v) is 11.9. The van der Waals surface area contributed by atoms with E-state index in [9.17, 15) is 14.4 Å². The van der Waals surface area contributed by atoms with Crippen LogP contribution >= 0.6 is 0 Å². The maximum atomic E-state index is 12.4. The summed E-state index contributed by atoms with van der Waals surface area (Å²) in [7, 11) is 0. The number of piperidine rings is 1. The van der Waals surface area contributed by atoms with Crippen molar-refractivity contribution < 1.29 is 24.2 Å². The summed E-state index contributed by atoms with van der Waals surface area (Å²) in [5.41, 5.74) is 5.18. The van der Waals surface area contributed by atoms with Crippen molar-refractivity contribution in [2.45, 2.75) is 25.3 Å². The van der Waals surface area contributed by atoms with Gasteiger partial charge in [-0.1, -0.05) is 0 Å². The van der Waals surface area contributed by atoms with Gasteiger partial charge in [-0.25, -0.2) is 9.59 Å². The molecule has 3 N–H and O–H groups in total. The summed E-state index contributed by atoms with van der Waals surface area (Å²) in [6.07, 6.45) is 1.78. The Morgan fingerprint density at radius 3 is 2.43 bits per heavy atom. The van der Waals surface area contributed by atoms with E-state index in [0.29, 0.717) is 26.1 Å². The number of carboxylic acid groups (broad SMARTS) is 1. The lowest BCUT2D eigenvalue weighted by molar-refractivity contribution is -0.147. The summed E-state index contributed by atoms with van der Waals surface area (Å²) in [5.74, 6) is -1.16. The first-order valence-corrected chi connectivity index (χ1v) is 7.13. The van der Waals surface area contributed by atoms with Gasteiger partial charge in [-0.3, -0.25) is 4.79 Å². The van der Waals surface area contributed by atoms with Crippen molar-refractivity contribution in [2.75, 3.05) is 32.8 Å². The summed E-state index contributed by atoms with van der Waals surface area (Å²) >= 11 is 0. The molecule has 1 unspecified atom stereocenters. The van der Waals surface area contributed by atoms with Gasteiger partial charge in [0.1, 0.15) is 0 Å². The molecule has 0 spiro atoms. The Labute approximate surface area is 122 Å². The van der Waals surface area contributed by atoms with Crippen LogP contribution in [0.3, 0.4) is 0 Å². The molecule has 1 atom stereocenters. The average Bonchev–Trinajstić information content (AvgIpc) is 2.46. The Hall–Kier alpha value is -1.83. The molecule has 2 fully saturated rings. The van der Waals surface area contributed by atoms with Crippen LogP contribution in [-0.4, -0.2) is 71.7 Å². The molecular weight excluding hydrogens is 278 g/mol. The average molecular weight is 299 g/mol. The molecule has 2 rings (SSSR count). The number of carbonyl (C=O) groups is 3. The van der Waals surface area contributed by atoms with Crippen LogP contribution in [0, 0.1) is 5.92 Å². The van der Waals surface area contributed by atoms with Crippen LogP contribution in [0.5, 0.6) is 0 Å². The number of hydrogen-bond donors (Lipinski definition) is 2. The monoisotopic (exact) mass is 299 g/mol. The van der Waals surface area contributed by atoms with E-state index in [1.807, 2.05) is 0 Å². The van der Waals surface area contributed by atoms with Crippen molar-refractivity contribution in [1.29, 1.82) is 0 Å². The van der Waals surface area contributed by atoms with E-state index in [0.717, 1.165) is 12.8 Å². The van der Waals surface area contributed by atoms with Gasteiger partial charge < -0.3 is 25.4 Å². The van der Waals surface area contributed by atoms with E-state index in [2.05, 4.69) is 0 Å². The molecule has 2 aliphatic heterocycles. The summed E-state index contributed by atoms with van der Waals surface area (Å²) in [6.45, 7) is 1.73. The minimum Gasteiger partial charge on any atom is -0.480 e. The van der Waals surface area contributed by atoms with E-state index in [4.69, 9.17) is 15.6 Å². The number of hydrogen-bond acceptors (Lipinski definition) is 4. The molecule has 3 amide bonds. The Kier molecular flexibility index (Phi) is 5.00. The molecule has 0 aromatic heterocycles. The molecule has 8 heteroatoms. The number of carboxylic acids is 1. The van der Waals surface area contributed by atoms with Gasteiger partial charge in [0.05, 0.1) is 13.2 Å². The lowest BCUT2D eigenvalue weighted by Gasteiger charge is -2.39. The smallest absolute Gasteiger partial charge is 0.328 e. The summed E-state index contributed by atoms with van der Waals surface area (Å²) in [6, 6.07) is -1.18. The van der Waals surface area contributed by atoms with Gasteiger partial charge in [-0.2, -0.15) is 0 Å². The predicted molar refractivity (Wildman–Crippen MR) is 72.5 cm³/mol. The molecule has 118 valence electrons. The van der Waals surface area contributed by atoms with Crippen LogP contribution in [0.2, 0.25) is 0 Å². The van der Waals surface area contributed by atoms with Crippen molar-refractivity contribution >= 4 is 17.9 Å². The molecule has 0 aromatic rings. The highest BCUT2D eigenvalue weighted by Crippen LogP contribution is 2.22. The summed E-state index contributed by atoms with van der Waals surface area (Å²) in [5, 5.41) is 9.15. The number of ether oxygens (including phenoxy) is 1. The summed E-state index contributed by atoms with van der Waals surface area (Å²) < 4.78 is 5.13. The first-order chi connectivity index (χ1) is 9.99. The quantitative estimate of drug-likeness (QED) is 0.728. The fraction of sp³-hybridized carbons (Fsp3) is 0.769. The highest BCUT2D eigenvalue weighted by Gasteiger charge is 2.36. The van der Waals surface area contributed by atoms with Gasteiger partial charge in [-0.15, -0.1) is 0 Å². The molecule has 2 heterocycles. The lowest BCUT2D eigenvalue weighted by Crippen LogP contribution is -2.57. The number of rotatable bonds is 3. The minimum absolute atomic E-state index is 0.0270. The zero-order chi connectivity index (χ0) is 15.4. The maximum Gasteiger partial charge on any atom is 0.328 e. The third-order valence-electron chi connectivity index (χ3n) is 4.03. The van der Waals surface area contributed by atoms with Gasteiger partial charge in [0.2, 0.25) is 5.91 Å². The highest BCUT2D eigenvalue weighted by molar-refractivity contribution is 5.83. The number of nitrogens with zero attached hydrogens (tertiary/aromatic N) is 2. The third-order valence-corrected chi connectivity index (χ3v) is 4.03. The van der Waals surface area contributed by atoms with E-state index in [1.54, 1.807) is 4.90 Å². The standard InChI is InChI=1S/C13H21N3O5/c14-11(17)7-9-1-3-15(4-2-9)13(20)16-5-6-21-8-10(16)12(18)19/h9-10H,1-8H2,(H2,14,17)(H,18,19). The number of morpholine rings is 1. The number of urea groups is 1. The number of likely N-dealkylation sites (tertiary alicyclic amines) is 1. The second-order valence-corrected chi connectivity index (χ2v) is 5.51. The largest absolute Gasteiger partial charge is 0.480 e. The highest BCUT2D eigenvalue weighted by atomic mass is 16.5. The van der Waals surface area contributed by atoms with Crippen LogP contribution in [0.15, 0.2) is 0 Å². The molecule has 0 bridgehead atoms. The Bertz CT molecular complexity index is 420. The zero-order valence-electron chi connectivity index (χ0n) is 11.9. The van der Waals surface area contributed by atoms with Crippen LogP contribution in [-0.2, 0) is 14.3 Å². The van der Waals surface area contributed by atoms with E-state index >= 15 is 0 Å². The van der Waals surface area contributed by atoms with Gasteiger partial charge in [-0.05, 0) is 18.8 Å². The van der Waals surface area contributed by atoms with Crippen LogP contribution in [0.25, 0.3) is 0 Å². The fourth-order valence-electron chi connectivity index (χ4n) is 2.83. The Morgan fingerprint density at radius 2 is 1.86 bits per heavy atom. The molecule has 0 aromatic carbocycles. The SMILES string of the molecule is NC(=O)CC1CCN(C(=O)N2CCOCC2C(=O)O)CC1. The van der Waals surface area contributed by atoms with Gasteiger partial charge in [0.15, 0.2) is 6.04 Å². The lowest BCUT2D eigenvalue weighted by atomic mass is 9.93. The van der Waals surface area contributed by atoms with Gasteiger partial charge in [0.25, 0.3) is 0 Å². The molecule has 0 saturated carbocycles. The van der Waals surface area contributed by atoms with Crippen LogP contribution in [0.1, 0.15) is 19.3 Å². The second kappa shape index (κ2) is 6.75. The molecule has 0 radical (unpaired) electrons. The normalized spacial score (nSPS) is 23.9. The molecular formula is C13H21N3O5. The van der Waals surface area contributed by atoms with Crippen molar-refractivity contribution in [3.05, 3.63) is 0 Å². The second-order valence-electron chi connectivity index (χ2n) is 5.51. The first kappa shape index (κ1) is 15.6. The third kappa shape index (κ3) is 3.84. The molecule has 2 saturated heterocycles.